The topological polar surface area (TPSA) is 74.7 Å². The van der Waals surface area contributed by atoms with Crippen LogP contribution in [-0.4, -0.2) is 40.3 Å². The van der Waals surface area contributed by atoms with Crippen molar-refractivity contribution in [3.8, 4) is 0 Å². The van der Waals surface area contributed by atoms with Crippen LogP contribution in [0.2, 0.25) is 10.0 Å². The van der Waals surface area contributed by atoms with E-state index in [1.165, 1.54) is 4.90 Å². The summed E-state index contributed by atoms with van der Waals surface area (Å²) in [7, 11) is 0. The first-order chi connectivity index (χ1) is 13.6. The first kappa shape index (κ1) is 23.4. The molecule has 1 aromatic carbocycles. The maximum Gasteiger partial charge on any atom is 0.326 e. The predicted octanol–water partition coefficient (Wildman–Crippen LogP) is 5.09. The van der Waals surface area contributed by atoms with Crippen LogP contribution < -0.4 is 0 Å². The Labute approximate surface area is 181 Å². The van der Waals surface area contributed by atoms with Crippen molar-refractivity contribution >= 4 is 46.9 Å². The van der Waals surface area contributed by atoms with Gasteiger partial charge in [-0.25, -0.2) is 4.79 Å². The van der Waals surface area contributed by atoms with Gasteiger partial charge in [-0.3, -0.25) is 9.59 Å². The second-order valence-corrected chi connectivity index (χ2v) is 8.88. The van der Waals surface area contributed by atoms with Gasteiger partial charge in [-0.2, -0.15) is 0 Å². The van der Waals surface area contributed by atoms with Crippen LogP contribution in [0.4, 0.5) is 0 Å². The Morgan fingerprint density at radius 3 is 2.52 bits per heavy atom. The fraction of sp³-hybridized carbons (Fsp3) is 0.500. The second kappa shape index (κ2) is 9.77. The van der Waals surface area contributed by atoms with Gasteiger partial charge in [-0.15, -0.1) is 0 Å². The van der Waals surface area contributed by atoms with Crippen molar-refractivity contribution in [3.63, 3.8) is 0 Å². The van der Waals surface area contributed by atoms with Gasteiger partial charge in [0, 0.05) is 12.0 Å². The quantitative estimate of drug-likeness (QED) is 0.599. The summed E-state index contributed by atoms with van der Waals surface area (Å²) in [4.78, 5) is 38.6. The number of carboxylic acids is 1. The second-order valence-electron chi connectivity index (χ2n) is 8.06. The molecule has 1 heterocycles. The number of ketones is 1. The van der Waals surface area contributed by atoms with Crippen LogP contribution in [0.3, 0.4) is 0 Å². The Hall–Kier alpha value is -1.85. The molecule has 0 aliphatic carbocycles. The van der Waals surface area contributed by atoms with Crippen molar-refractivity contribution in [2.24, 2.45) is 11.3 Å². The molecule has 5 nitrogen and oxygen atoms in total. The third-order valence-electron chi connectivity index (χ3n) is 5.66. The molecule has 0 spiro atoms. The van der Waals surface area contributed by atoms with Gasteiger partial charge in [0.1, 0.15) is 6.04 Å². The normalized spacial score (nSPS) is 20.1. The van der Waals surface area contributed by atoms with E-state index in [4.69, 9.17) is 23.2 Å². The molecule has 1 aromatic rings. The van der Waals surface area contributed by atoms with Crippen LogP contribution in [0.1, 0.15) is 52.0 Å². The number of carbonyl (C=O) groups is 3. The van der Waals surface area contributed by atoms with E-state index in [0.717, 1.165) is 5.56 Å². The lowest BCUT2D eigenvalue weighted by molar-refractivity contribution is -0.160. The van der Waals surface area contributed by atoms with E-state index in [-0.39, 0.29) is 12.5 Å². The number of nitrogens with zero attached hydrogens (tertiary/aromatic N) is 1. The minimum atomic E-state index is -1.08. The Morgan fingerprint density at radius 2 is 1.93 bits per heavy atom. The lowest BCUT2D eigenvalue weighted by atomic mass is 9.82. The molecule has 2 rings (SSSR count). The van der Waals surface area contributed by atoms with Crippen LogP contribution in [0, 0.1) is 11.3 Å². The summed E-state index contributed by atoms with van der Waals surface area (Å²) in [6.07, 6.45) is 6.07. The van der Waals surface area contributed by atoms with Gasteiger partial charge in [0.15, 0.2) is 0 Å². The van der Waals surface area contributed by atoms with Crippen molar-refractivity contribution in [1.29, 1.82) is 0 Å². The van der Waals surface area contributed by atoms with Crippen LogP contribution >= 0.6 is 23.2 Å². The highest BCUT2D eigenvalue weighted by molar-refractivity contribution is 6.42. The number of amides is 1. The minimum Gasteiger partial charge on any atom is -0.480 e. The van der Waals surface area contributed by atoms with Gasteiger partial charge >= 0.3 is 5.97 Å². The van der Waals surface area contributed by atoms with Crippen LogP contribution in [0.15, 0.2) is 24.3 Å². The number of likely N-dealkylation sites (tertiary alicyclic amines) is 1. The third kappa shape index (κ3) is 5.61. The molecule has 158 valence electrons. The van der Waals surface area contributed by atoms with Gasteiger partial charge < -0.3 is 10.0 Å². The summed E-state index contributed by atoms with van der Waals surface area (Å²) >= 11 is 11.9. The zero-order chi connectivity index (χ0) is 21.8. The van der Waals surface area contributed by atoms with Crippen LogP contribution in [-0.2, 0) is 14.4 Å². The predicted molar refractivity (Wildman–Crippen MR) is 115 cm³/mol. The number of Topliss-reactive ketones (excluding diaryl/α,β-unsaturated/α-hetero) is 1. The van der Waals surface area contributed by atoms with Crippen molar-refractivity contribution < 1.29 is 19.5 Å². The highest BCUT2D eigenvalue weighted by Crippen LogP contribution is 2.30. The zero-order valence-electron chi connectivity index (χ0n) is 17.0. The SMILES string of the molecule is CCC(C)(C)C(=O)C(=O)N1CCCC(CC=Cc2ccc(Cl)c(Cl)c2)C1C(=O)O. The molecule has 1 aliphatic rings. The van der Waals surface area contributed by atoms with Crippen LogP contribution in [0.25, 0.3) is 6.08 Å². The molecule has 1 amide bonds. The number of hydrogen-bond acceptors (Lipinski definition) is 3. The number of benzene rings is 1. The third-order valence-corrected chi connectivity index (χ3v) is 6.39. The molecule has 0 saturated carbocycles. The lowest BCUT2D eigenvalue weighted by Gasteiger charge is -2.39. The Balaban J connectivity index is 2.16. The summed E-state index contributed by atoms with van der Waals surface area (Å²) in [5, 5.41) is 10.7. The molecule has 0 radical (unpaired) electrons. The highest BCUT2D eigenvalue weighted by Gasteiger charge is 2.43. The van der Waals surface area contributed by atoms with E-state index in [9.17, 15) is 19.5 Å². The molecule has 1 aliphatic heterocycles. The number of carboxylic acid groups (broad SMARTS) is 1. The van der Waals surface area contributed by atoms with Gasteiger partial charge in [0.25, 0.3) is 5.91 Å². The van der Waals surface area contributed by atoms with E-state index < -0.39 is 29.1 Å². The first-order valence-electron chi connectivity index (χ1n) is 9.78. The molecule has 1 saturated heterocycles. The van der Waals surface area contributed by atoms with Crippen molar-refractivity contribution in [2.45, 2.75) is 52.5 Å². The van der Waals surface area contributed by atoms with E-state index in [2.05, 4.69) is 0 Å². The van der Waals surface area contributed by atoms with Gasteiger partial charge in [0.2, 0.25) is 5.78 Å². The van der Waals surface area contributed by atoms with E-state index in [0.29, 0.717) is 35.7 Å². The average Bonchev–Trinajstić information content (AvgIpc) is 2.69. The summed E-state index contributed by atoms with van der Waals surface area (Å²) in [5.74, 6) is -2.56. The van der Waals surface area contributed by atoms with Crippen molar-refractivity contribution in [1.82, 2.24) is 4.90 Å². The van der Waals surface area contributed by atoms with Gasteiger partial charge in [-0.1, -0.05) is 62.2 Å². The summed E-state index contributed by atoms with van der Waals surface area (Å²) < 4.78 is 0. The Kier molecular flexibility index (Phi) is 7.89. The number of rotatable bonds is 7. The number of hydrogen-bond donors (Lipinski definition) is 1. The number of aliphatic carboxylic acids is 1. The van der Waals surface area contributed by atoms with E-state index in [1.54, 1.807) is 26.0 Å². The molecule has 29 heavy (non-hydrogen) atoms. The molecule has 2 atom stereocenters. The Morgan fingerprint density at radius 1 is 1.24 bits per heavy atom. The largest absolute Gasteiger partial charge is 0.480 e. The van der Waals surface area contributed by atoms with E-state index in [1.807, 2.05) is 25.1 Å². The monoisotopic (exact) mass is 439 g/mol. The number of allylic oxidation sites excluding steroid dienone is 1. The standard InChI is InChI=1S/C22H27Cl2NO4/c1-4-22(2,3)19(26)20(27)25-12-6-9-15(18(25)21(28)29)8-5-7-14-10-11-16(23)17(24)13-14/h5,7,10-11,13,15,18H,4,6,8-9,12H2,1-3H3,(H,28,29). The summed E-state index contributed by atoms with van der Waals surface area (Å²) in [6, 6.07) is 4.25. The van der Waals surface area contributed by atoms with Crippen molar-refractivity contribution in [2.75, 3.05) is 6.54 Å². The fourth-order valence-electron chi connectivity index (χ4n) is 3.46. The van der Waals surface area contributed by atoms with Crippen LogP contribution in [0.5, 0.6) is 0 Å². The number of halogens is 2. The average molecular weight is 440 g/mol. The highest BCUT2D eigenvalue weighted by atomic mass is 35.5. The minimum absolute atomic E-state index is 0.262. The maximum absolute atomic E-state index is 12.8. The van der Waals surface area contributed by atoms with Crippen molar-refractivity contribution in [3.05, 3.63) is 39.9 Å². The molecule has 1 fully saturated rings. The number of piperidine rings is 1. The molecule has 7 heteroatoms. The molecule has 2 unspecified atom stereocenters. The zero-order valence-corrected chi connectivity index (χ0v) is 18.5. The van der Waals surface area contributed by atoms with Gasteiger partial charge in [0.05, 0.1) is 10.0 Å². The molecule has 0 aromatic heterocycles. The first-order valence-corrected chi connectivity index (χ1v) is 10.5. The lowest BCUT2D eigenvalue weighted by Crippen LogP contribution is -2.56. The molecule has 1 N–H and O–H groups in total. The van der Waals surface area contributed by atoms with Gasteiger partial charge in [-0.05, 0) is 49.3 Å². The maximum atomic E-state index is 12.8. The fourth-order valence-corrected chi connectivity index (χ4v) is 3.77. The molecular formula is C22H27Cl2NO4. The number of carbonyl (C=O) groups excluding carboxylic acids is 2. The van der Waals surface area contributed by atoms with E-state index >= 15 is 0 Å². The molecule has 0 bridgehead atoms. The summed E-state index contributed by atoms with van der Waals surface area (Å²) in [6.45, 7) is 5.55. The summed E-state index contributed by atoms with van der Waals surface area (Å²) in [5.41, 5.74) is 0.0517. The Bertz CT molecular complexity index is 819. The molecular weight excluding hydrogens is 413 g/mol. The smallest absolute Gasteiger partial charge is 0.326 e.